The van der Waals surface area contributed by atoms with E-state index in [1.54, 1.807) is 17.7 Å². The van der Waals surface area contributed by atoms with Crippen molar-refractivity contribution < 1.29 is 4.39 Å². The summed E-state index contributed by atoms with van der Waals surface area (Å²) in [5.41, 5.74) is 2.03. The van der Waals surface area contributed by atoms with Crippen LogP contribution in [0.1, 0.15) is 13.3 Å². The summed E-state index contributed by atoms with van der Waals surface area (Å²) in [6.07, 6.45) is 2.67. The molecular weight excluding hydrogens is 373 g/mol. The normalized spacial score (nSPS) is 17.1. The van der Waals surface area contributed by atoms with Crippen molar-refractivity contribution in [3.05, 3.63) is 41.8 Å². The van der Waals surface area contributed by atoms with Gasteiger partial charge in [0.2, 0.25) is 0 Å². The minimum atomic E-state index is -0.226. The number of hydrogen-bond acceptors (Lipinski definition) is 6. The van der Waals surface area contributed by atoms with Crippen molar-refractivity contribution in [2.75, 3.05) is 45.1 Å². The van der Waals surface area contributed by atoms with Gasteiger partial charge in [-0.3, -0.25) is 0 Å². The molecule has 1 aromatic carbocycles. The molecule has 7 heteroatoms. The Bertz CT molecular complexity index is 918. The Labute approximate surface area is 169 Å². The quantitative estimate of drug-likeness (QED) is 0.680. The van der Waals surface area contributed by atoms with Gasteiger partial charge in [0, 0.05) is 49.7 Å². The fourth-order valence-electron chi connectivity index (χ4n) is 3.58. The molecule has 2 aromatic heterocycles. The number of piperazine rings is 1. The second-order valence-electron chi connectivity index (χ2n) is 7.54. The van der Waals surface area contributed by atoms with Crippen molar-refractivity contribution in [2.45, 2.75) is 19.4 Å². The molecule has 1 aliphatic rings. The molecule has 0 saturated carbocycles. The van der Waals surface area contributed by atoms with Crippen LogP contribution in [0.4, 0.5) is 10.2 Å². The van der Waals surface area contributed by atoms with Gasteiger partial charge in [-0.1, -0.05) is 12.1 Å². The molecule has 1 atom stereocenters. The standard InChI is InChI=1S/C21H26FN5S/c1-15(7-8-27-11-9-26(2)10-12-27)25-20-19-18(13-28-21(19)24-14-23-20)16-3-5-17(22)6-4-16/h3-6,13-15H,7-12H2,1-2H3,(H,23,24,25). The zero-order chi connectivity index (χ0) is 19.5. The maximum absolute atomic E-state index is 13.3. The summed E-state index contributed by atoms with van der Waals surface area (Å²) >= 11 is 1.59. The maximum Gasteiger partial charge on any atom is 0.139 e. The first-order chi connectivity index (χ1) is 13.6. The van der Waals surface area contributed by atoms with Crippen molar-refractivity contribution in [1.29, 1.82) is 0 Å². The summed E-state index contributed by atoms with van der Waals surface area (Å²) < 4.78 is 13.3. The SMILES string of the molecule is CC(CCN1CCN(C)CC1)Nc1ncnc2scc(-c3ccc(F)cc3)c12. The second kappa shape index (κ2) is 8.51. The van der Waals surface area contributed by atoms with Gasteiger partial charge in [-0.25, -0.2) is 14.4 Å². The molecule has 0 radical (unpaired) electrons. The van der Waals surface area contributed by atoms with E-state index in [1.165, 1.54) is 12.1 Å². The number of hydrogen-bond donors (Lipinski definition) is 1. The zero-order valence-electron chi connectivity index (χ0n) is 16.4. The molecule has 1 fully saturated rings. The van der Waals surface area contributed by atoms with E-state index in [2.05, 4.69) is 44.4 Å². The minimum Gasteiger partial charge on any atom is -0.367 e. The van der Waals surface area contributed by atoms with Crippen molar-refractivity contribution in [3.8, 4) is 11.1 Å². The van der Waals surface area contributed by atoms with Crippen molar-refractivity contribution in [1.82, 2.24) is 19.8 Å². The number of fused-ring (bicyclic) bond motifs is 1. The molecule has 0 spiro atoms. The summed E-state index contributed by atoms with van der Waals surface area (Å²) in [6, 6.07) is 6.91. The van der Waals surface area contributed by atoms with E-state index in [-0.39, 0.29) is 5.82 Å². The van der Waals surface area contributed by atoms with Crippen LogP contribution < -0.4 is 5.32 Å². The molecule has 28 heavy (non-hydrogen) atoms. The van der Waals surface area contributed by atoms with Gasteiger partial charge in [-0.15, -0.1) is 11.3 Å². The van der Waals surface area contributed by atoms with E-state index in [9.17, 15) is 4.39 Å². The molecular formula is C21H26FN5S. The predicted molar refractivity (Wildman–Crippen MR) is 114 cm³/mol. The van der Waals surface area contributed by atoms with Crippen LogP contribution in [0, 0.1) is 5.82 Å². The smallest absolute Gasteiger partial charge is 0.139 e. The summed E-state index contributed by atoms with van der Waals surface area (Å²) in [7, 11) is 2.18. The predicted octanol–water partition coefficient (Wildman–Crippen LogP) is 3.94. The third-order valence-electron chi connectivity index (χ3n) is 5.38. The van der Waals surface area contributed by atoms with Crippen LogP contribution in [-0.2, 0) is 0 Å². The summed E-state index contributed by atoms with van der Waals surface area (Å²) in [5, 5.41) is 6.68. The van der Waals surface area contributed by atoms with E-state index in [0.717, 1.165) is 66.3 Å². The lowest BCUT2D eigenvalue weighted by molar-refractivity contribution is 0.151. The van der Waals surface area contributed by atoms with Crippen molar-refractivity contribution >= 4 is 27.4 Å². The molecule has 0 aliphatic carbocycles. The van der Waals surface area contributed by atoms with Gasteiger partial charge in [0.15, 0.2) is 0 Å². The van der Waals surface area contributed by atoms with Gasteiger partial charge in [-0.2, -0.15) is 0 Å². The van der Waals surface area contributed by atoms with Gasteiger partial charge in [0.1, 0.15) is 22.8 Å². The van der Waals surface area contributed by atoms with Gasteiger partial charge < -0.3 is 15.1 Å². The lowest BCUT2D eigenvalue weighted by atomic mass is 10.1. The first-order valence-electron chi connectivity index (χ1n) is 9.76. The lowest BCUT2D eigenvalue weighted by Crippen LogP contribution is -2.45. The van der Waals surface area contributed by atoms with Gasteiger partial charge in [0.25, 0.3) is 0 Å². The van der Waals surface area contributed by atoms with Gasteiger partial charge in [0.05, 0.1) is 5.39 Å². The third kappa shape index (κ3) is 4.32. The van der Waals surface area contributed by atoms with E-state index < -0.39 is 0 Å². The Morgan fingerprint density at radius 3 is 2.64 bits per heavy atom. The number of thiophene rings is 1. The number of nitrogens with zero attached hydrogens (tertiary/aromatic N) is 4. The van der Waals surface area contributed by atoms with E-state index in [0.29, 0.717) is 6.04 Å². The average molecular weight is 400 g/mol. The topological polar surface area (TPSA) is 44.3 Å². The lowest BCUT2D eigenvalue weighted by Gasteiger charge is -2.33. The van der Waals surface area contributed by atoms with Gasteiger partial charge in [-0.05, 0) is 38.1 Å². The Hall–Kier alpha value is -2.09. The maximum atomic E-state index is 13.3. The number of halogens is 1. The molecule has 1 unspecified atom stereocenters. The minimum absolute atomic E-state index is 0.226. The number of rotatable bonds is 6. The van der Waals surface area contributed by atoms with Crippen molar-refractivity contribution in [2.24, 2.45) is 0 Å². The summed E-state index contributed by atoms with van der Waals surface area (Å²) in [4.78, 5) is 14.8. The number of nitrogens with one attached hydrogen (secondary N) is 1. The summed E-state index contributed by atoms with van der Waals surface area (Å²) in [6.45, 7) is 7.85. The Balaban J connectivity index is 1.49. The Morgan fingerprint density at radius 1 is 1.14 bits per heavy atom. The van der Waals surface area contributed by atoms with Crippen LogP contribution in [0.25, 0.3) is 21.3 Å². The monoisotopic (exact) mass is 399 g/mol. The Kier molecular flexibility index (Phi) is 5.85. The summed E-state index contributed by atoms with van der Waals surface area (Å²) in [5.74, 6) is 0.631. The fraction of sp³-hybridized carbons (Fsp3) is 0.429. The highest BCUT2D eigenvalue weighted by molar-refractivity contribution is 7.17. The van der Waals surface area contributed by atoms with Crippen LogP contribution in [0.2, 0.25) is 0 Å². The van der Waals surface area contributed by atoms with Crippen LogP contribution in [0.5, 0.6) is 0 Å². The number of anilines is 1. The van der Waals surface area contributed by atoms with Crippen LogP contribution >= 0.6 is 11.3 Å². The first-order valence-corrected chi connectivity index (χ1v) is 10.6. The van der Waals surface area contributed by atoms with Crippen LogP contribution in [0.15, 0.2) is 36.0 Å². The molecule has 3 aromatic rings. The van der Waals surface area contributed by atoms with Gasteiger partial charge >= 0.3 is 0 Å². The second-order valence-corrected chi connectivity index (χ2v) is 8.40. The van der Waals surface area contributed by atoms with E-state index in [4.69, 9.17) is 0 Å². The molecule has 3 heterocycles. The van der Waals surface area contributed by atoms with Crippen LogP contribution in [-0.4, -0.2) is 65.6 Å². The molecule has 0 amide bonds. The highest BCUT2D eigenvalue weighted by Gasteiger charge is 2.17. The van der Waals surface area contributed by atoms with Crippen molar-refractivity contribution in [3.63, 3.8) is 0 Å². The molecule has 4 rings (SSSR count). The van der Waals surface area contributed by atoms with E-state index >= 15 is 0 Å². The highest BCUT2D eigenvalue weighted by atomic mass is 32.1. The number of likely N-dealkylation sites (N-methyl/N-ethyl adjacent to an activating group) is 1. The third-order valence-corrected chi connectivity index (χ3v) is 6.27. The molecule has 5 nitrogen and oxygen atoms in total. The molecule has 0 bridgehead atoms. The number of benzene rings is 1. The Morgan fingerprint density at radius 2 is 1.89 bits per heavy atom. The van der Waals surface area contributed by atoms with E-state index in [1.807, 2.05) is 12.1 Å². The number of aromatic nitrogens is 2. The molecule has 1 aliphatic heterocycles. The largest absolute Gasteiger partial charge is 0.367 e. The molecule has 1 saturated heterocycles. The molecule has 1 N–H and O–H groups in total. The highest BCUT2D eigenvalue weighted by Crippen LogP contribution is 2.36. The van der Waals surface area contributed by atoms with Crippen LogP contribution in [0.3, 0.4) is 0 Å². The fourth-order valence-corrected chi connectivity index (χ4v) is 4.50. The average Bonchev–Trinajstić information content (AvgIpc) is 3.13. The molecule has 148 valence electrons. The zero-order valence-corrected chi connectivity index (χ0v) is 17.2. The first kappa shape index (κ1) is 19.2.